The third-order valence-electron chi connectivity index (χ3n) is 2.89. The van der Waals surface area contributed by atoms with E-state index in [1.807, 2.05) is 36.4 Å². The molecule has 0 heterocycles. The fourth-order valence-corrected chi connectivity index (χ4v) is 1.84. The predicted octanol–water partition coefficient (Wildman–Crippen LogP) is 3.84. The molecule has 94 valence electrons. The number of aryl methyl sites for hydroxylation is 1. The monoisotopic (exact) mass is 242 g/mol. The van der Waals surface area contributed by atoms with Crippen LogP contribution in [0, 0.1) is 0 Å². The molecule has 0 radical (unpaired) electrons. The second-order valence-electron chi connectivity index (χ2n) is 4.10. The summed E-state index contributed by atoms with van der Waals surface area (Å²) >= 11 is 0. The zero-order valence-corrected chi connectivity index (χ0v) is 10.8. The molecule has 2 aromatic carbocycles. The largest absolute Gasteiger partial charge is 0.496 e. The van der Waals surface area contributed by atoms with E-state index in [2.05, 4.69) is 19.1 Å². The van der Waals surface area contributed by atoms with Crippen molar-refractivity contribution >= 4 is 0 Å². The molecule has 2 heteroatoms. The Morgan fingerprint density at radius 2 is 1.83 bits per heavy atom. The van der Waals surface area contributed by atoms with Crippen molar-refractivity contribution in [3.8, 4) is 11.5 Å². The van der Waals surface area contributed by atoms with Crippen molar-refractivity contribution in [1.29, 1.82) is 0 Å². The molecule has 0 unspecified atom stereocenters. The van der Waals surface area contributed by atoms with Gasteiger partial charge in [0.1, 0.15) is 18.1 Å². The molecule has 0 aromatic heterocycles. The summed E-state index contributed by atoms with van der Waals surface area (Å²) in [6, 6.07) is 16.1. The number of benzene rings is 2. The Labute approximate surface area is 108 Å². The maximum absolute atomic E-state index is 5.80. The van der Waals surface area contributed by atoms with Gasteiger partial charge in [-0.3, -0.25) is 0 Å². The molecular weight excluding hydrogens is 224 g/mol. The van der Waals surface area contributed by atoms with Gasteiger partial charge in [-0.15, -0.1) is 0 Å². The van der Waals surface area contributed by atoms with Gasteiger partial charge in [-0.25, -0.2) is 0 Å². The quantitative estimate of drug-likeness (QED) is 0.793. The molecule has 0 bridgehead atoms. The SMILES string of the molecule is CCc1cccc(OCc2ccccc2OC)c1. The fourth-order valence-electron chi connectivity index (χ4n) is 1.84. The Bertz CT molecular complexity index is 506. The molecule has 0 fully saturated rings. The van der Waals surface area contributed by atoms with E-state index < -0.39 is 0 Å². The van der Waals surface area contributed by atoms with Crippen LogP contribution in [0.25, 0.3) is 0 Å². The van der Waals surface area contributed by atoms with E-state index in [1.54, 1.807) is 7.11 Å². The third-order valence-corrected chi connectivity index (χ3v) is 2.89. The molecule has 0 spiro atoms. The Morgan fingerprint density at radius 3 is 2.61 bits per heavy atom. The lowest BCUT2D eigenvalue weighted by molar-refractivity contribution is 0.296. The summed E-state index contributed by atoms with van der Waals surface area (Å²) in [5.74, 6) is 1.77. The molecule has 2 aromatic rings. The normalized spacial score (nSPS) is 10.1. The minimum Gasteiger partial charge on any atom is -0.496 e. The maximum atomic E-state index is 5.80. The van der Waals surface area contributed by atoms with Gasteiger partial charge in [0.05, 0.1) is 7.11 Å². The van der Waals surface area contributed by atoms with E-state index >= 15 is 0 Å². The predicted molar refractivity (Wildman–Crippen MR) is 73.1 cm³/mol. The first-order valence-electron chi connectivity index (χ1n) is 6.17. The van der Waals surface area contributed by atoms with Crippen LogP contribution in [0.5, 0.6) is 11.5 Å². The van der Waals surface area contributed by atoms with Gasteiger partial charge in [-0.05, 0) is 30.2 Å². The summed E-state index contributed by atoms with van der Waals surface area (Å²) in [5.41, 5.74) is 2.34. The average molecular weight is 242 g/mol. The minimum absolute atomic E-state index is 0.525. The van der Waals surface area contributed by atoms with Crippen molar-refractivity contribution < 1.29 is 9.47 Å². The number of hydrogen-bond acceptors (Lipinski definition) is 2. The topological polar surface area (TPSA) is 18.5 Å². The number of rotatable bonds is 5. The van der Waals surface area contributed by atoms with Gasteiger partial charge < -0.3 is 9.47 Å². The Morgan fingerprint density at radius 1 is 1.00 bits per heavy atom. The first-order chi connectivity index (χ1) is 8.83. The van der Waals surface area contributed by atoms with Crippen LogP contribution in [-0.2, 0) is 13.0 Å². The lowest BCUT2D eigenvalue weighted by Crippen LogP contribution is -1.98. The molecule has 0 amide bonds. The molecular formula is C16H18O2. The molecule has 0 atom stereocenters. The summed E-state index contributed by atoms with van der Waals surface area (Å²) in [6.07, 6.45) is 1.02. The summed E-state index contributed by atoms with van der Waals surface area (Å²) in [6.45, 7) is 2.66. The Balaban J connectivity index is 2.06. The maximum Gasteiger partial charge on any atom is 0.125 e. The van der Waals surface area contributed by atoms with Crippen LogP contribution >= 0.6 is 0 Å². The molecule has 0 saturated heterocycles. The number of para-hydroxylation sites is 1. The van der Waals surface area contributed by atoms with Crippen molar-refractivity contribution in [2.45, 2.75) is 20.0 Å². The number of methoxy groups -OCH3 is 1. The standard InChI is InChI=1S/C16H18O2/c1-3-13-7-6-9-15(11-13)18-12-14-8-4-5-10-16(14)17-2/h4-11H,3,12H2,1-2H3. The van der Waals surface area contributed by atoms with E-state index in [0.717, 1.165) is 23.5 Å². The van der Waals surface area contributed by atoms with Crippen LogP contribution in [0.3, 0.4) is 0 Å². The van der Waals surface area contributed by atoms with Crippen LogP contribution in [0.4, 0.5) is 0 Å². The van der Waals surface area contributed by atoms with Gasteiger partial charge in [0.25, 0.3) is 0 Å². The van der Waals surface area contributed by atoms with E-state index in [9.17, 15) is 0 Å². The van der Waals surface area contributed by atoms with Crippen LogP contribution in [0.1, 0.15) is 18.1 Å². The fraction of sp³-hybridized carbons (Fsp3) is 0.250. The molecule has 0 aliphatic carbocycles. The number of ether oxygens (including phenoxy) is 2. The van der Waals surface area contributed by atoms with Gasteiger partial charge in [-0.2, -0.15) is 0 Å². The van der Waals surface area contributed by atoms with Crippen molar-refractivity contribution in [2.75, 3.05) is 7.11 Å². The zero-order valence-electron chi connectivity index (χ0n) is 10.8. The van der Waals surface area contributed by atoms with Crippen LogP contribution in [0.2, 0.25) is 0 Å². The molecule has 2 nitrogen and oxygen atoms in total. The summed E-state index contributed by atoms with van der Waals surface area (Å²) in [5, 5.41) is 0. The highest BCUT2D eigenvalue weighted by Crippen LogP contribution is 2.20. The Hall–Kier alpha value is -1.96. The van der Waals surface area contributed by atoms with Crippen molar-refractivity contribution in [2.24, 2.45) is 0 Å². The van der Waals surface area contributed by atoms with Crippen molar-refractivity contribution in [3.63, 3.8) is 0 Å². The first-order valence-corrected chi connectivity index (χ1v) is 6.17. The van der Waals surface area contributed by atoms with Gasteiger partial charge in [-0.1, -0.05) is 37.3 Å². The van der Waals surface area contributed by atoms with Crippen LogP contribution in [-0.4, -0.2) is 7.11 Å². The van der Waals surface area contributed by atoms with Gasteiger partial charge in [0.15, 0.2) is 0 Å². The molecule has 0 aliphatic heterocycles. The zero-order chi connectivity index (χ0) is 12.8. The van der Waals surface area contributed by atoms with Crippen LogP contribution < -0.4 is 9.47 Å². The van der Waals surface area contributed by atoms with E-state index in [4.69, 9.17) is 9.47 Å². The molecule has 2 rings (SSSR count). The lowest BCUT2D eigenvalue weighted by Gasteiger charge is -2.10. The molecule has 0 N–H and O–H groups in total. The summed E-state index contributed by atoms with van der Waals surface area (Å²) in [7, 11) is 1.68. The van der Waals surface area contributed by atoms with Gasteiger partial charge in [0.2, 0.25) is 0 Å². The molecule has 0 saturated carbocycles. The first kappa shape index (κ1) is 12.5. The van der Waals surface area contributed by atoms with Gasteiger partial charge in [0, 0.05) is 5.56 Å². The van der Waals surface area contributed by atoms with E-state index in [-0.39, 0.29) is 0 Å². The highest BCUT2D eigenvalue weighted by molar-refractivity contribution is 5.34. The van der Waals surface area contributed by atoms with E-state index in [0.29, 0.717) is 6.61 Å². The molecule has 0 aliphatic rings. The minimum atomic E-state index is 0.525. The second kappa shape index (κ2) is 6.10. The third kappa shape index (κ3) is 3.04. The lowest BCUT2D eigenvalue weighted by atomic mass is 10.1. The average Bonchev–Trinajstić information content (AvgIpc) is 2.45. The van der Waals surface area contributed by atoms with Crippen LogP contribution in [0.15, 0.2) is 48.5 Å². The Kier molecular flexibility index (Phi) is 4.24. The number of hydrogen-bond donors (Lipinski definition) is 0. The molecule has 18 heavy (non-hydrogen) atoms. The van der Waals surface area contributed by atoms with Gasteiger partial charge >= 0.3 is 0 Å². The highest BCUT2D eigenvalue weighted by atomic mass is 16.5. The second-order valence-corrected chi connectivity index (χ2v) is 4.10. The highest BCUT2D eigenvalue weighted by Gasteiger charge is 2.02. The smallest absolute Gasteiger partial charge is 0.125 e. The van der Waals surface area contributed by atoms with E-state index in [1.165, 1.54) is 5.56 Å². The summed E-state index contributed by atoms with van der Waals surface area (Å²) < 4.78 is 11.1. The van der Waals surface area contributed by atoms with Crippen molar-refractivity contribution in [1.82, 2.24) is 0 Å². The summed E-state index contributed by atoms with van der Waals surface area (Å²) in [4.78, 5) is 0. The van der Waals surface area contributed by atoms with Crippen molar-refractivity contribution in [3.05, 3.63) is 59.7 Å².